The second-order valence-corrected chi connectivity index (χ2v) is 4.37. The second-order valence-electron chi connectivity index (χ2n) is 4.37. The number of ether oxygens (including phenoxy) is 1. The number of hydrogen-bond donors (Lipinski definition) is 1. The van der Waals surface area contributed by atoms with E-state index in [4.69, 9.17) is 4.74 Å². The lowest BCUT2D eigenvalue weighted by Gasteiger charge is -2.07. The van der Waals surface area contributed by atoms with Crippen molar-refractivity contribution < 1.29 is 9.84 Å². The van der Waals surface area contributed by atoms with Crippen molar-refractivity contribution in [2.24, 2.45) is 0 Å². The minimum atomic E-state index is -0.503. The van der Waals surface area contributed by atoms with Crippen molar-refractivity contribution in [1.29, 1.82) is 0 Å². The standard InChI is InChI=1S/C14H18N2O2/c1-9-14(11(3)17)10(2)16(15-9)12-5-7-13(18-4)8-6-12/h5-8,11,17H,1-4H3. The fraction of sp³-hybridized carbons (Fsp3) is 0.357. The van der Waals surface area contributed by atoms with E-state index in [1.165, 1.54) is 0 Å². The molecule has 1 N–H and O–H groups in total. The van der Waals surface area contributed by atoms with Crippen LogP contribution < -0.4 is 4.74 Å². The van der Waals surface area contributed by atoms with E-state index < -0.39 is 6.10 Å². The maximum absolute atomic E-state index is 9.75. The molecule has 0 aliphatic heterocycles. The maximum Gasteiger partial charge on any atom is 0.119 e. The molecule has 0 amide bonds. The highest BCUT2D eigenvalue weighted by Crippen LogP contribution is 2.24. The summed E-state index contributed by atoms with van der Waals surface area (Å²) in [5, 5.41) is 14.2. The Hall–Kier alpha value is -1.81. The first-order chi connectivity index (χ1) is 8.54. The van der Waals surface area contributed by atoms with Crippen LogP contribution in [-0.2, 0) is 0 Å². The average molecular weight is 246 g/mol. The molecule has 0 fully saturated rings. The number of methoxy groups -OCH3 is 1. The van der Waals surface area contributed by atoms with Crippen molar-refractivity contribution in [3.63, 3.8) is 0 Å². The Balaban J connectivity index is 2.47. The molecule has 0 saturated carbocycles. The molecule has 96 valence electrons. The van der Waals surface area contributed by atoms with Crippen LogP contribution in [0.25, 0.3) is 5.69 Å². The molecule has 0 radical (unpaired) electrons. The van der Waals surface area contributed by atoms with Gasteiger partial charge in [0, 0.05) is 11.3 Å². The van der Waals surface area contributed by atoms with Crippen molar-refractivity contribution in [2.75, 3.05) is 7.11 Å². The first-order valence-corrected chi connectivity index (χ1v) is 5.93. The summed E-state index contributed by atoms with van der Waals surface area (Å²) < 4.78 is 6.98. The van der Waals surface area contributed by atoms with Crippen molar-refractivity contribution in [2.45, 2.75) is 26.9 Å². The average Bonchev–Trinajstić information content (AvgIpc) is 2.65. The zero-order valence-corrected chi connectivity index (χ0v) is 11.1. The Labute approximate surface area is 107 Å². The number of aryl methyl sites for hydroxylation is 1. The van der Waals surface area contributed by atoms with Crippen LogP contribution >= 0.6 is 0 Å². The summed E-state index contributed by atoms with van der Waals surface area (Å²) in [5.74, 6) is 0.816. The van der Waals surface area contributed by atoms with Gasteiger partial charge in [-0.2, -0.15) is 5.10 Å². The zero-order chi connectivity index (χ0) is 13.3. The Morgan fingerprint density at radius 2 is 1.83 bits per heavy atom. The van der Waals surface area contributed by atoms with E-state index in [0.29, 0.717) is 0 Å². The van der Waals surface area contributed by atoms with E-state index >= 15 is 0 Å². The summed E-state index contributed by atoms with van der Waals surface area (Å²) >= 11 is 0. The summed E-state index contributed by atoms with van der Waals surface area (Å²) in [6.45, 7) is 5.64. The van der Waals surface area contributed by atoms with E-state index in [2.05, 4.69) is 5.10 Å². The van der Waals surface area contributed by atoms with Gasteiger partial charge < -0.3 is 9.84 Å². The Kier molecular flexibility index (Phi) is 3.39. The largest absolute Gasteiger partial charge is 0.497 e. The van der Waals surface area contributed by atoms with Crippen molar-refractivity contribution >= 4 is 0 Å². The third-order valence-corrected chi connectivity index (χ3v) is 3.08. The van der Waals surface area contributed by atoms with Gasteiger partial charge in [-0.3, -0.25) is 0 Å². The lowest BCUT2D eigenvalue weighted by Crippen LogP contribution is -2.00. The molecular weight excluding hydrogens is 228 g/mol. The highest BCUT2D eigenvalue weighted by atomic mass is 16.5. The molecule has 0 bridgehead atoms. The molecular formula is C14H18N2O2. The van der Waals surface area contributed by atoms with Crippen molar-refractivity contribution in [3.05, 3.63) is 41.2 Å². The van der Waals surface area contributed by atoms with E-state index in [1.54, 1.807) is 14.0 Å². The number of nitrogens with zero attached hydrogens (tertiary/aromatic N) is 2. The quantitative estimate of drug-likeness (QED) is 0.905. The Morgan fingerprint density at radius 1 is 1.22 bits per heavy atom. The summed E-state index contributed by atoms with van der Waals surface area (Å²) in [6, 6.07) is 7.69. The fourth-order valence-electron chi connectivity index (χ4n) is 2.23. The van der Waals surface area contributed by atoms with Gasteiger partial charge in [-0.1, -0.05) is 0 Å². The molecule has 0 saturated heterocycles. The van der Waals surface area contributed by atoms with Crippen molar-refractivity contribution in [3.8, 4) is 11.4 Å². The van der Waals surface area contributed by atoms with Gasteiger partial charge in [-0.05, 0) is 45.0 Å². The summed E-state index contributed by atoms with van der Waals surface area (Å²) in [7, 11) is 1.64. The normalized spacial score (nSPS) is 12.5. The second kappa shape index (κ2) is 4.82. The molecule has 18 heavy (non-hydrogen) atoms. The third-order valence-electron chi connectivity index (χ3n) is 3.08. The minimum absolute atomic E-state index is 0.503. The van der Waals surface area contributed by atoms with Gasteiger partial charge in [0.2, 0.25) is 0 Å². The predicted molar refractivity (Wildman–Crippen MR) is 70.2 cm³/mol. The van der Waals surface area contributed by atoms with Crippen LogP contribution in [0, 0.1) is 13.8 Å². The lowest BCUT2D eigenvalue weighted by atomic mass is 10.1. The lowest BCUT2D eigenvalue weighted by molar-refractivity contribution is 0.198. The first kappa shape index (κ1) is 12.6. The molecule has 4 heteroatoms. The van der Waals surface area contributed by atoms with Crippen LogP contribution in [-0.4, -0.2) is 22.0 Å². The maximum atomic E-state index is 9.75. The number of rotatable bonds is 3. The van der Waals surface area contributed by atoms with Crippen LogP contribution in [0.5, 0.6) is 5.75 Å². The zero-order valence-electron chi connectivity index (χ0n) is 11.1. The molecule has 2 aromatic rings. The van der Waals surface area contributed by atoms with E-state index in [0.717, 1.165) is 28.4 Å². The van der Waals surface area contributed by atoms with E-state index in [9.17, 15) is 5.11 Å². The molecule has 1 atom stereocenters. The molecule has 1 aromatic heterocycles. The number of benzene rings is 1. The van der Waals surface area contributed by atoms with Gasteiger partial charge in [0.15, 0.2) is 0 Å². The molecule has 1 unspecified atom stereocenters. The van der Waals surface area contributed by atoms with Crippen LogP contribution in [0.3, 0.4) is 0 Å². The number of aromatic nitrogens is 2. The van der Waals surface area contributed by atoms with Gasteiger partial charge in [-0.15, -0.1) is 0 Å². The first-order valence-electron chi connectivity index (χ1n) is 5.93. The molecule has 1 aromatic carbocycles. The fourth-order valence-corrected chi connectivity index (χ4v) is 2.23. The SMILES string of the molecule is COc1ccc(-n2nc(C)c(C(C)O)c2C)cc1. The highest BCUT2D eigenvalue weighted by molar-refractivity contribution is 5.40. The van der Waals surface area contributed by atoms with Gasteiger partial charge >= 0.3 is 0 Å². The van der Waals surface area contributed by atoms with Gasteiger partial charge in [0.1, 0.15) is 5.75 Å². The topological polar surface area (TPSA) is 47.3 Å². The number of aliphatic hydroxyl groups excluding tert-OH is 1. The molecule has 0 aliphatic carbocycles. The Morgan fingerprint density at radius 3 is 2.28 bits per heavy atom. The van der Waals surface area contributed by atoms with Crippen LogP contribution in [0.15, 0.2) is 24.3 Å². The molecule has 1 heterocycles. The van der Waals surface area contributed by atoms with Gasteiger partial charge in [0.25, 0.3) is 0 Å². The monoisotopic (exact) mass is 246 g/mol. The van der Waals surface area contributed by atoms with E-state index in [-0.39, 0.29) is 0 Å². The number of aliphatic hydroxyl groups is 1. The van der Waals surface area contributed by atoms with Crippen LogP contribution in [0.1, 0.15) is 30.0 Å². The predicted octanol–water partition coefficient (Wildman–Crippen LogP) is 2.55. The summed E-state index contributed by atoms with van der Waals surface area (Å²) in [6.07, 6.45) is -0.503. The molecule has 0 aliphatic rings. The summed E-state index contributed by atoms with van der Waals surface area (Å²) in [5.41, 5.74) is 3.68. The highest BCUT2D eigenvalue weighted by Gasteiger charge is 2.16. The molecule has 4 nitrogen and oxygen atoms in total. The van der Waals surface area contributed by atoms with Gasteiger partial charge in [0.05, 0.1) is 24.6 Å². The van der Waals surface area contributed by atoms with Crippen LogP contribution in [0.4, 0.5) is 0 Å². The van der Waals surface area contributed by atoms with E-state index in [1.807, 2.05) is 42.8 Å². The minimum Gasteiger partial charge on any atom is -0.497 e. The third kappa shape index (κ3) is 2.11. The summed E-state index contributed by atoms with van der Waals surface area (Å²) in [4.78, 5) is 0. The molecule has 2 rings (SSSR count). The number of hydrogen-bond acceptors (Lipinski definition) is 3. The smallest absolute Gasteiger partial charge is 0.119 e. The van der Waals surface area contributed by atoms with Crippen molar-refractivity contribution in [1.82, 2.24) is 9.78 Å². The van der Waals surface area contributed by atoms with Crippen LogP contribution in [0.2, 0.25) is 0 Å². The Bertz CT molecular complexity index is 542. The van der Waals surface area contributed by atoms with Gasteiger partial charge in [-0.25, -0.2) is 4.68 Å². The molecule has 0 spiro atoms.